The molecule has 142 valence electrons. The highest BCUT2D eigenvalue weighted by Gasteiger charge is 2.20. The minimum absolute atomic E-state index is 0.0987. The van der Waals surface area contributed by atoms with Crippen molar-refractivity contribution in [2.75, 3.05) is 20.6 Å². The van der Waals surface area contributed by atoms with Crippen molar-refractivity contribution in [1.82, 2.24) is 29.5 Å². The van der Waals surface area contributed by atoms with Gasteiger partial charge in [0.15, 0.2) is 0 Å². The number of amides is 2. The van der Waals surface area contributed by atoms with E-state index in [9.17, 15) is 4.79 Å². The standard InChI is InChI=1S/C20H26N6O/c1-23(2)20(27)21-12-16-11-18-14-25(8-9-26(18)22-16)13-17-10-15-6-4-5-7-19(15)24(17)3/h4-7,10-11H,8-9,12-14H2,1-3H3,(H,21,27). The average Bonchev–Trinajstić information content (AvgIpc) is 3.20. The number of rotatable bonds is 4. The van der Waals surface area contributed by atoms with E-state index in [0.717, 1.165) is 31.9 Å². The number of benzene rings is 1. The summed E-state index contributed by atoms with van der Waals surface area (Å²) in [6.45, 7) is 4.10. The molecule has 2 aromatic heterocycles. The van der Waals surface area contributed by atoms with Crippen LogP contribution in [0.2, 0.25) is 0 Å². The van der Waals surface area contributed by atoms with Gasteiger partial charge in [-0.25, -0.2) is 4.79 Å². The summed E-state index contributed by atoms with van der Waals surface area (Å²) in [7, 11) is 5.61. The summed E-state index contributed by atoms with van der Waals surface area (Å²) in [5, 5.41) is 8.79. The number of aromatic nitrogens is 3. The molecule has 7 nitrogen and oxygen atoms in total. The number of urea groups is 1. The molecule has 2 amide bonds. The number of nitrogens with one attached hydrogen (secondary N) is 1. The van der Waals surface area contributed by atoms with Crippen LogP contribution in [0.25, 0.3) is 10.9 Å². The summed E-state index contributed by atoms with van der Waals surface area (Å²) in [4.78, 5) is 15.7. The van der Waals surface area contributed by atoms with Crippen molar-refractivity contribution >= 4 is 16.9 Å². The van der Waals surface area contributed by atoms with Crippen LogP contribution in [0.5, 0.6) is 0 Å². The number of aryl methyl sites for hydroxylation is 1. The lowest BCUT2D eigenvalue weighted by Crippen LogP contribution is -2.34. The SMILES string of the molecule is CN(C)C(=O)NCc1cc2n(n1)CCN(Cc1cc3ccccc3n1C)C2. The highest BCUT2D eigenvalue weighted by molar-refractivity contribution is 5.81. The van der Waals surface area contributed by atoms with Gasteiger partial charge in [-0.2, -0.15) is 5.10 Å². The second kappa shape index (κ2) is 7.08. The van der Waals surface area contributed by atoms with Crippen LogP contribution in [0.15, 0.2) is 36.4 Å². The van der Waals surface area contributed by atoms with Crippen molar-refractivity contribution < 1.29 is 4.79 Å². The summed E-state index contributed by atoms with van der Waals surface area (Å²) in [5.41, 5.74) is 4.71. The van der Waals surface area contributed by atoms with E-state index in [1.165, 1.54) is 27.2 Å². The zero-order valence-corrected chi connectivity index (χ0v) is 16.1. The summed E-state index contributed by atoms with van der Waals surface area (Å²) in [5.74, 6) is 0. The summed E-state index contributed by atoms with van der Waals surface area (Å²) < 4.78 is 4.35. The maximum atomic E-state index is 11.7. The largest absolute Gasteiger partial charge is 0.346 e. The first-order valence-corrected chi connectivity index (χ1v) is 9.27. The minimum atomic E-state index is -0.0987. The first kappa shape index (κ1) is 17.6. The molecule has 3 aromatic rings. The van der Waals surface area contributed by atoms with Gasteiger partial charge in [-0.15, -0.1) is 0 Å². The van der Waals surface area contributed by atoms with Gasteiger partial charge in [-0.3, -0.25) is 9.58 Å². The third kappa shape index (κ3) is 3.55. The van der Waals surface area contributed by atoms with Crippen molar-refractivity contribution in [2.45, 2.75) is 26.2 Å². The van der Waals surface area contributed by atoms with E-state index in [2.05, 4.69) is 68.0 Å². The van der Waals surface area contributed by atoms with Crippen LogP contribution in [-0.4, -0.2) is 50.8 Å². The number of carbonyl (C=O) groups excluding carboxylic acids is 1. The Morgan fingerprint density at radius 1 is 1.22 bits per heavy atom. The molecular weight excluding hydrogens is 340 g/mol. The number of carbonyl (C=O) groups is 1. The number of hydrogen-bond donors (Lipinski definition) is 1. The van der Waals surface area contributed by atoms with Gasteiger partial charge >= 0.3 is 6.03 Å². The predicted octanol–water partition coefficient (Wildman–Crippen LogP) is 2.16. The van der Waals surface area contributed by atoms with Gasteiger partial charge in [0.2, 0.25) is 0 Å². The summed E-state index contributed by atoms with van der Waals surface area (Å²) in [6, 6.07) is 12.8. The highest BCUT2D eigenvalue weighted by atomic mass is 16.2. The fourth-order valence-corrected chi connectivity index (χ4v) is 3.65. The molecule has 0 aliphatic carbocycles. The van der Waals surface area contributed by atoms with Crippen LogP contribution in [0, 0.1) is 0 Å². The second-order valence-electron chi connectivity index (χ2n) is 7.37. The molecule has 0 saturated carbocycles. The number of fused-ring (bicyclic) bond motifs is 2. The van der Waals surface area contributed by atoms with Gasteiger partial charge in [0, 0.05) is 52.0 Å². The molecule has 1 aliphatic rings. The first-order valence-electron chi connectivity index (χ1n) is 9.27. The maximum Gasteiger partial charge on any atom is 0.317 e. The van der Waals surface area contributed by atoms with Crippen LogP contribution in [0.1, 0.15) is 17.1 Å². The Bertz CT molecular complexity index is 970. The van der Waals surface area contributed by atoms with Crippen molar-refractivity contribution in [3.63, 3.8) is 0 Å². The van der Waals surface area contributed by atoms with E-state index >= 15 is 0 Å². The van der Waals surface area contributed by atoms with Gasteiger partial charge in [-0.05, 0) is 23.6 Å². The van der Waals surface area contributed by atoms with Gasteiger partial charge in [0.25, 0.3) is 0 Å². The van der Waals surface area contributed by atoms with Gasteiger partial charge in [0.05, 0.1) is 24.5 Å². The maximum absolute atomic E-state index is 11.7. The van der Waals surface area contributed by atoms with Gasteiger partial charge < -0.3 is 14.8 Å². The second-order valence-corrected chi connectivity index (χ2v) is 7.37. The molecule has 0 unspecified atom stereocenters. The number of hydrogen-bond acceptors (Lipinski definition) is 3. The Hall–Kier alpha value is -2.80. The molecular formula is C20H26N6O. The third-order valence-electron chi connectivity index (χ3n) is 5.19. The van der Waals surface area contributed by atoms with Crippen molar-refractivity contribution in [3.05, 3.63) is 53.5 Å². The lowest BCUT2D eigenvalue weighted by atomic mass is 10.2. The molecule has 0 spiro atoms. The normalized spacial score (nSPS) is 14.3. The van der Waals surface area contributed by atoms with Crippen LogP contribution in [-0.2, 0) is 33.2 Å². The minimum Gasteiger partial charge on any atom is -0.346 e. The van der Waals surface area contributed by atoms with Crippen LogP contribution in [0.3, 0.4) is 0 Å². The lowest BCUT2D eigenvalue weighted by molar-refractivity contribution is 0.201. The molecule has 7 heteroatoms. The molecule has 0 atom stereocenters. The van der Waals surface area contributed by atoms with Crippen molar-refractivity contribution in [1.29, 1.82) is 0 Å². The Kier molecular flexibility index (Phi) is 4.61. The Labute approximate surface area is 159 Å². The summed E-state index contributed by atoms with van der Waals surface area (Å²) in [6.07, 6.45) is 0. The van der Waals surface area contributed by atoms with Crippen molar-refractivity contribution in [3.8, 4) is 0 Å². The smallest absolute Gasteiger partial charge is 0.317 e. The van der Waals surface area contributed by atoms with Crippen LogP contribution in [0.4, 0.5) is 4.79 Å². The van der Waals surface area contributed by atoms with Crippen molar-refractivity contribution in [2.24, 2.45) is 7.05 Å². The fourth-order valence-electron chi connectivity index (χ4n) is 3.65. The monoisotopic (exact) mass is 366 g/mol. The van der Waals surface area contributed by atoms with Crippen LogP contribution < -0.4 is 5.32 Å². The van der Waals surface area contributed by atoms with E-state index < -0.39 is 0 Å². The highest BCUT2D eigenvalue weighted by Crippen LogP contribution is 2.22. The number of nitrogens with zero attached hydrogens (tertiary/aromatic N) is 5. The molecule has 0 bridgehead atoms. The zero-order valence-electron chi connectivity index (χ0n) is 16.1. The number of para-hydroxylation sites is 1. The van der Waals surface area contributed by atoms with Gasteiger partial charge in [0.1, 0.15) is 0 Å². The Morgan fingerprint density at radius 2 is 2.04 bits per heavy atom. The third-order valence-corrected chi connectivity index (χ3v) is 5.19. The van der Waals surface area contributed by atoms with E-state index in [4.69, 9.17) is 0 Å². The molecule has 1 N–H and O–H groups in total. The Balaban J connectivity index is 1.43. The molecule has 0 radical (unpaired) electrons. The molecule has 3 heterocycles. The summed E-state index contributed by atoms with van der Waals surface area (Å²) >= 11 is 0. The molecule has 0 saturated heterocycles. The van der Waals surface area contributed by atoms with Gasteiger partial charge in [-0.1, -0.05) is 18.2 Å². The molecule has 1 aliphatic heterocycles. The van der Waals surface area contributed by atoms with E-state index in [-0.39, 0.29) is 6.03 Å². The quantitative estimate of drug-likeness (QED) is 0.770. The Morgan fingerprint density at radius 3 is 2.81 bits per heavy atom. The predicted molar refractivity (Wildman–Crippen MR) is 105 cm³/mol. The first-order chi connectivity index (χ1) is 13.0. The van der Waals surface area contributed by atoms with E-state index in [1.54, 1.807) is 14.1 Å². The molecule has 27 heavy (non-hydrogen) atoms. The topological polar surface area (TPSA) is 58.3 Å². The molecule has 0 fully saturated rings. The lowest BCUT2D eigenvalue weighted by Gasteiger charge is -2.27. The van der Waals surface area contributed by atoms with E-state index in [1.807, 2.05) is 0 Å². The molecule has 1 aromatic carbocycles. The zero-order chi connectivity index (χ0) is 19.0. The fraction of sp³-hybridized carbons (Fsp3) is 0.400. The average molecular weight is 366 g/mol. The van der Waals surface area contributed by atoms with Crippen LogP contribution >= 0.6 is 0 Å². The van der Waals surface area contributed by atoms with E-state index in [0.29, 0.717) is 6.54 Å². The molecule has 4 rings (SSSR count).